The van der Waals surface area contributed by atoms with Gasteiger partial charge in [0.15, 0.2) is 9.84 Å². The Hall–Kier alpha value is -0.510. The topological polar surface area (TPSA) is 54.4 Å². The van der Waals surface area contributed by atoms with Crippen molar-refractivity contribution in [3.63, 3.8) is 0 Å². The van der Waals surface area contributed by atoms with Crippen LogP contribution >= 0.6 is 0 Å². The smallest absolute Gasteiger partial charge is 0.157 e. The summed E-state index contributed by atoms with van der Waals surface area (Å²) in [6.45, 7) is 5.29. The van der Waals surface area contributed by atoms with Gasteiger partial charge in [0.1, 0.15) is 11.5 Å². The number of rotatable bonds is 8. The second-order valence-electron chi connectivity index (χ2n) is 3.57. The van der Waals surface area contributed by atoms with Crippen LogP contribution in [0.25, 0.3) is 0 Å². The van der Waals surface area contributed by atoms with Crippen molar-refractivity contribution >= 4 is 9.84 Å². The van der Waals surface area contributed by atoms with Crippen LogP contribution in [0.4, 0.5) is 0 Å². The molecule has 0 aromatic heterocycles. The lowest BCUT2D eigenvalue weighted by Crippen LogP contribution is -2.12. The SMILES string of the molecule is C=C(O)CS(=O)(=O)CCCCCCC. The van der Waals surface area contributed by atoms with Gasteiger partial charge in [-0.3, -0.25) is 0 Å². The molecule has 14 heavy (non-hydrogen) atoms. The van der Waals surface area contributed by atoms with E-state index in [0.717, 1.165) is 25.7 Å². The summed E-state index contributed by atoms with van der Waals surface area (Å²) in [5.74, 6) is -0.393. The van der Waals surface area contributed by atoms with Crippen molar-refractivity contribution < 1.29 is 13.5 Å². The zero-order valence-corrected chi connectivity index (χ0v) is 9.65. The van der Waals surface area contributed by atoms with Crippen LogP contribution in [0, 0.1) is 0 Å². The fourth-order valence-electron chi connectivity index (χ4n) is 1.25. The number of aliphatic hydroxyl groups is 1. The van der Waals surface area contributed by atoms with Crippen LogP contribution in [0.5, 0.6) is 0 Å². The Morgan fingerprint density at radius 2 is 1.79 bits per heavy atom. The van der Waals surface area contributed by atoms with Crippen molar-refractivity contribution in [2.24, 2.45) is 0 Å². The molecule has 0 spiro atoms. The van der Waals surface area contributed by atoms with Crippen molar-refractivity contribution in [1.29, 1.82) is 0 Å². The predicted octanol–water partition coefficient (Wildman–Crippen LogP) is 2.44. The summed E-state index contributed by atoms with van der Waals surface area (Å²) in [5.41, 5.74) is 0. The molecule has 4 heteroatoms. The minimum Gasteiger partial charge on any atom is -0.512 e. The first kappa shape index (κ1) is 13.5. The van der Waals surface area contributed by atoms with E-state index in [-0.39, 0.29) is 17.3 Å². The molecule has 0 aromatic rings. The van der Waals surface area contributed by atoms with E-state index in [1.165, 1.54) is 0 Å². The molecule has 0 saturated heterocycles. The molecule has 0 radical (unpaired) electrons. The summed E-state index contributed by atoms with van der Waals surface area (Å²) >= 11 is 0. The first-order valence-corrected chi connectivity index (χ1v) is 6.87. The summed E-state index contributed by atoms with van der Waals surface area (Å²) in [7, 11) is -3.12. The van der Waals surface area contributed by atoms with Crippen molar-refractivity contribution in [2.45, 2.75) is 39.0 Å². The first-order chi connectivity index (χ1) is 6.48. The van der Waals surface area contributed by atoms with Crippen LogP contribution < -0.4 is 0 Å². The maximum atomic E-state index is 11.3. The van der Waals surface area contributed by atoms with Crippen molar-refractivity contribution in [1.82, 2.24) is 0 Å². The Morgan fingerprint density at radius 1 is 1.21 bits per heavy atom. The molecule has 0 aliphatic rings. The van der Waals surface area contributed by atoms with Crippen LogP contribution in [-0.2, 0) is 9.84 Å². The van der Waals surface area contributed by atoms with Crippen molar-refractivity contribution in [3.05, 3.63) is 12.3 Å². The quantitative estimate of drug-likeness (QED) is 0.505. The monoisotopic (exact) mass is 220 g/mol. The van der Waals surface area contributed by atoms with Crippen LogP contribution in [0.3, 0.4) is 0 Å². The van der Waals surface area contributed by atoms with Crippen LogP contribution in [0.2, 0.25) is 0 Å². The van der Waals surface area contributed by atoms with E-state index in [1.54, 1.807) is 0 Å². The van der Waals surface area contributed by atoms with Gasteiger partial charge in [-0.1, -0.05) is 39.2 Å². The fourth-order valence-corrected chi connectivity index (χ4v) is 2.55. The molecular weight excluding hydrogens is 200 g/mol. The third kappa shape index (κ3) is 8.10. The Labute approximate surface area is 86.8 Å². The van der Waals surface area contributed by atoms with E-state index in [1.807, 2.05) is 0 Å². The van der Waals surface area contributed by atoms with Gasteiger partial charge in [-0.05, 0) is 6.42 Å². The molecule has 3 nitrogen and oxygen atoms in total. The van der Waals surface area contributed by atoms with Gasteiger partial charge in [0.05, 0.1) is 5.75 Å². The van der Waals surface area contributed by atoms with Crippen molar-refractivity contribution in [3.8, 4) is 0 Å². The Balaban J connectivity index is 3.61. The number of hydrogen-bond acceptors (Lipinski definition) is 3. The minimum absolute atomic E-state index is 0.163. The maximum Gasteiger partial charge on any atom is 0.157 e. The van der Waals surface area contributed by atoms with Gasteiger partial charge in [0.25, 0.3) is 0 Å². The number of aliphatic hydroxyl groups excluding tert-OH is 1. The number of sulfone groups is 1. The van der Waals surface area contributed by atoms with Gasteiger partial charge < -0.3 is 5.11 Å². The van der Waals surface area contributed by atoms with E-state index >= 15 is 0 Å². The highest BCUT2D eigenvalue weighted by Gasteiger charge is 2.11. The predicted molar refractivity (Wildman–Crippen MR) is 59.2 cm³/mol. The van der Waals surface area contributed by atoms with E-state index < -0.39 is 9.84 Å². The third-order valence-corrected chi connectivity index (χ3v) is 3.63. The molecule has 0 aromatic carbocycles. The molecule has 0 unspecified atom stereocenters. The summed E-state index contributed by atoms with van der Waals surface area (Å²) in [5, 5.41) is 8.76. The van der Waals surface area contributed by atoms with E-state index in [4.69, 9.17) is 5.11 Å². The lowest BCUT2D eigenvalue weighted by molar-refractivity contribution is 0.416. The van der Waals surface area contributed by atoms with E-state index in [9.17, 15) is 8.42 Å². The summed E-state index contributed by atoms with van der Waals surface area (Å²) in [6.07, 6.45) is 5.04. The normalized spacial score (nSPS) is 11.5. The molecular formula is C10H20O3S. The first-order valence-electron chi connectivity index (χ1n) is 5.05. The van der Waals surface area contributed by atoms with Crippen LogP contribution in [-0.4, -0.2) is 25.0 Å². The molecule has 0 rings (SSSR count). The molecule has 0 fully saturated rings. The number of unbranched alkanes of at least 4 members (excludes halogenated alkanes) is 4. The highest BCUT2D eigenvalue weighted by molar-refractivity contribution is 7.91. The fraction of sp³-hybridized carbons (Fsp3) is 0.800. The lowest BCUT2D eigenvalue weighted by Gasteiger charge is -2.02. The van der Waals surface area contributed by atoms with Crippen LogP contribution in [0.15, 0.2) is 12.3 Å². The maximum absolute atomic E-state index is 11.3. The summed E-state index contributed by atoms with van der Waals surface area (Å²) < 4.78 is 22.5. The molecule has 0 amide bonds. The molecule has 0 heterocycles. The molecule has 0 aliphatic carbocycles. The number of hydrogen-bond donors (Lipinski definition) is 1. The third-order valence-electron chi connectivity index (χ3n) is 1.95. The van der Waals surface area contributed by atoms with Crippen molar-refractivity contribution in [2.75, 3.05) is 11.5 Å². The van der Waals surface area contributed by atoms with Gasteiger partial charge in [0.2, 0.25) is 0 Å². The summed E-state index contributed by atoms with van der Waals surface area (Å²) in [6, 6.07) is 0. The lowest BCUT2D eigenvalue weighted by atomic mass is 10.2. The zero-order chi connectivity index (χ0) is 11.0. The molecule has 84 valence electrons. The Kier molecular flexibility index (Phi) is 6.62. The van der Waals surface area contributed by atoms with Gasteiger partial charge in [0, 0.05) is 0 Å². The Morgan fingerprint density at radius 3 is 2.29 bits per heavy atom. The summed E-state index contributed by atoms with van der Waals surface area (Å²) in [4.78, 5) is 0. The minimum atomic E-state index is -3.12. The average molecular weight is 220 g/mol. The van der Waals surface area contributed by atoms with Gasteiger partial charge in [-0.25, -0.2) is 8.42 Å². The van der Waals surface area contributed by atoms with Gasteiger partial charge in [-0.2, -0.15) is 0 Å². The molecule has 0 bridgehead atoms. The largest absolute Gasteiger partial charge is 0.512 e. The van der Waals surface area contributed by atoms with Gasteiger partial charge >= 0.3 is 0 Å². The average Bonchev–Trinajstić information content (AvgIpc) is 2.01. The second kappa shape index (κ2) is 6.87. The highest BCUT2D eigenvalue weighted by Crippen LogP contribution is 2.06. The molecule has 1 N–H and O–H groups in total. The molecule has 0 aliphatic heterocycles. The van der Waals surface area contributed by atoms with E-state index in [2.05, 4.69) is 13.5 Å². The van der Waals surface area contributed by atoms with E-state index in [0.29, 0.717) is 6.42 Å². The molecule has 0 atom stereocenters. The second-order valence-corrected chi connectivity index (χ2v) is 5.76. The standard InChI is InChI=1S/C10H20O3S/c1-3-4-5-6-7-8-14(12,13)9-10(2)11/h11H,2-9H2,1H3. The zero-order valence-electron chi connectivity index (χ0n) is 8.83. The molecule has 0 saturated carbocycles. The van der Waals surface area contributed by atoms with Crippen LogP contribution in [0.1, 0.15) is 39.0 Å². The van der Waals surface area contributed by atoms with Gasteiger partial charge in [-0.15, -0.1) is 0 Å². The Bertz CT molecular complexity index is 255. The highest BCUT2D eigenvalue weighted by atomic mass is 32.2.